The van der Waals surface area contributed by atoms with E-state index in [1.54, 1.807) is 27.7 Å². The highest BCUT2D eigenvalue weighted by Crippen LogP contribution is 2.58. The molecule has 2 aliphatic carbocycles. The molecule has 682 valence electrons. The highest BCUT2D eigenvalue weighted by molar-refractivity contribution is 5.78. The molecule has 43 heteroatoms. The monoisotopic (exact) mass is 1740 g/mol. The first-order valence-corrected chi connectivity index (χ1v) is 36.4. The van der Waals surface area contributed by atoms with E-state index in [0.29, 0.717) is 20.3 Å². The Morgan fingerprint density at radius 1 is 0.496 bits per heavy atom. The Labute approximate surface area is 651 Å². The first-order valence-electron chi connectivity index (χ1n) is 36.4. The number of rotatable bonds is 22. The molecule has 13 unspecified atom stereocenters. The lowest BCUT2D eigenvalue weighted by Crippen LogP contribution is -2.76. The molecule has 6 N–H and O–H groups in total. The standard InChI is InChI=1S/C18H25F9O4.C15H28O3.C14H21F5O4.C13H19F5O5.C12H19F5O3/c1-5-13(2,3)12(28)31-11-7-9(14(4,29)16(19,20)21)6-10(8-11)15(30,17(22,23)24)18(25,26)27;1-6-14(2,3)13(16)18-12-10-8-7-9-11(12)15(4,5)17;1-6-10(2,3)9(20)22-8-7-11(4,21)23-12(5,13(8,15)16)14(17,18)19;1-5-9(2,3)8(19)21-6-10(4)11(20,12(14,15)16)13(17,18)23-7-22-10;1-5-10(2,3)9(18)20-7(12(15,16)17)6-11(4,19)8(13)14/h9-11,29-30H,5-8H2,1-4H3;11-12,17H,6-10H2,1-5H3;8,21H,6-7H2,1-5H3;20H,5-7H2,1-4H3;7-8,19H,5-6H2,1-4H3. The van der Waals surface area contributed by atoms with Gasteiger partial charge in [-0.3, -0.25) is 28.7 Å². The van der Waals surface area contributed by atoms with Gasteiger partial charge in [0.25, 0.3) is 17.6 Å². The average molecular weight is 1740 g/mol. The van der Waals surface area contributed by atoms with E-state index < -0.39 is 227 Å². The third-order valence-electron chi connectivity index (χ3n) is 22.0. The van der Waals surface area contributed by atoms with Crippen molar-refractivity contribution in [3.05, 3.63) is 0 Å². The van der Waals surface area contributed by atoms with Crippen LogP contribution >= 0.6 is 0 Å². The van der Waals surface area contributed by atoms with E-state index >= 15 is 0 Å². The molecule has 0 radical (unpaired) electrons. The summed E-state index contributed by atoms with van der Waals surface area (Å²) in [6, 6.07) is 0. The molecule has 0 amide bonds. The molecule has 2 heterocycles. The van der Waals surface area contributed by atoms with Gasteiger partial charge in [-0.2, -0.15) is 96.6 Å². The molecule has 2 aliphatic heterocycles. The Kier molecular flexibility index (Phi) is 36.2. The number of ether oxygens (including phenoxy) is 8. The van der Waals surface area contributed by atoms with Gasteiger partial charge in [-0.15, -0.1) is 0 Å². The maximum absolute atomic E-state index is 14.4. The smallest absolute Gasteiger partial charge is 0.429 e. The summed E-state index contributed by atoms with van der Waals surface area (Å²) in [6.45, 7) is 27.1. The van der Waals surface area contributed by atoms with Crippen molar-refractivity contribution < 1.29 is 198 Å². The third-order valence-corrected chi connectivity index (χ3v) is 22.0. The summed E-state index contributed by atoms with van der Waals surface area (Å²) in [7, 11) is 0. The van der Waals surface area contributed by atoms with Crippen LogP contribution in [0.25, 0.3) is 0 Å². The number of esters is 5. The van der Waals surface area contributed by atoms with Crippen molar-refractivity contribution >= 4 is 29.8 Å². The number of hydrogen-bond acceptors (Lipinski definition) is 19. The van der Waals surface area contributed by atoms with Gasteiger partial charge in [0.1, 0.15) is 30.0 Å². The molecule has 4 aliphatic rings. The minimum atomic E-state index is -6.28. The second kappa shape index (κ2) is 37.7. The summed E-state index contributed by atoms with van der Waals surface area (Å²) in [5, 5.41) is 58.6. The normalized spacial score (nSPS) is 27.6. The zero-order chi connectivity index (χ0) is 92.0. The Morgan fingerprint density at radius 2 is 0.887 bits per heavy atom. The van der Waals surface area contributed by atoms with Crippen LogP contribution in [0.2, 0.25) is 0 Å². The molecule has 4 fully saturated rings. The summed E-state index contributed by atoms with van der Waals surface area (Å²) in [4.78, 5) is 59.8. The van der Waals surface area contributed by atoms with E-state index in [1.165, 1.54) is 55.4 Å². The molecule has 2 saturated heterocycles. The number of carbonyl (C=O) groups excluding carboxylic acids is 5. The van der Waals surface area contributed by atoms with Crippen molar-refractivity contribution in [1.29, 1.82) is 0 Å². The van der Waals surface area contributed by atoms with E-state index in [1.807, 2.05) is 34.6 Å². The number of carbonyl (C=O) groups is 5. The number of hydrogen-bond donors (Lipinski definition) is 6. The molecular formula is C72H112F24O19. The maximum Gasteiger partial charge on any atom is 0.429 e. The van der Waals surface area contributed by atoms with Gasteiger partial charge in [0.05, 0.1) is 32.7 Å². The van der Waals surface area contributed by atoms with Crippen LogP contribution in [0.15, 0.2) is 0 Å². The Morgan fingerprint density at radius 3 is 1.26 bits per heavy atom. The summed E-state index contributed by atoms with van der Waals surface area (Å²) in [5.74, 6) is -16.3. The van der Waals surface area contributed by atoms with Crippen LogP contribution in [-0.2, 0) is 61.9 Å². The summed E-state index contributed by atoms with van der Waals surface area (Å²) >= 11 is 0. The number of aliphatic hydroxyl groups is 6. The molecule has 0 bridgehead atoms. The van der Waals surface area contributed by atoms with Crippen LogP contribution < -0.4 is 0 Å². The minimum Gasteiger partial charge on any atom is -0.462 e. The molecule has 13 atom stereocenters. The topological polar surface area (TPSA) is 281 Å². The zero-order valence-electron chi connectivity index (χ0n) is 68.0. The highest BCUT2D eigenvalue weighted by Gasteiger charge is 2.82. The minimum absolute atomic E-state index is 0.0582. The van der Waals surface area contributed by atoms with Gasteiger partial charge in [0.2, 0.25) is 5.60 Å². The van der Waals surface area contributed by atoms with E-state index in [0.717, 1.165) is 39.0 Å². The third kappa shape index (κ3) is 26.7. The van der Waals surface area contributed by atoms with Crippen LogP contribution in [0, 0.1) is 44.8 Å². The fourth-order valence-corrected chi connectivity index (χ4v) is 11.1. The lowest BCUT2D eigenvalue weighted by molar-refractivity contribution is -0.493. The zero-order valence-corrected chi connectivity index (χ0v) is 68.0. The lowest BCUT2D eigenvalue weighted by Gasteiger charge is -2.50. The molecular weight excluding hydrogens is 1620 g/mol. The predicted molar refractivity (Wildman–Crippen MR) is 358 cm³/mol. The largest absolute Gasteiger partial charge is 0.462 e. The first kappa shape index (κ1) is 110. The highest BCUT2D eigenvalue weighted by atomic mass is 19.4. The van der Waals surface area contributed by atoms with Gasteiger partial charge in [0, 0.05) is 30.6 Å². The van der Waals surface area contributed by atoms with E-state index in [4.69, 9.17) is 14.2 Å². The molecule has 0 spiro atoms. The Balaban J connectivity index is 0.00000143. The molecule has 0 aromatic carbocycles. The van der Waals surface area contributed by atoms with Gasteiger partial charge >= 0.3 is 78.9 Å². The van der Waals surface area contributed by atoms with Gasteiger partial charge in [-0.05, 0) is 188 Å². The second-order valence-corrected chi connectivity index (χ2v) is 34.0. The van der Waals surface area contributed by atoms with Crippen LogP contribution in [0.3, 0.4) is 0 Å². The molecule has 19 nitrogen and oxygen atoms in total. The van der Waals surface area contributed by atoms with E-state index in [2.05, 4.69) is 23.7 Å². The lowest BCUT2D eigenvalue weighted by atomic mass is 9.66. The maximum atomic E-state index is 14.4. The molecule has 115 heavy (non-hydrogen) atoms. The molecule has 0 aromatic rings. The predicted octanol–water partition coefficient (Wildman–Crippen LogP) is 17.6. The average Bonchev–Trinajstić information content (AvgIpc) is 0.719. The van der Waals surface area contributed by atoms with Crippen molar-refractivity contribution in [3.63, 3.8) is 0 Å². The van der Waals surface area contributed by atoms with Crippen LogP contribution in [0.4, 0.5) is 105 Å². The Hall–Kier alpha value is -4.69. The van der Waals surface area contributed by atoms with Crippen molar-refractivity contribution in [2.75, 3.05) is 13.4 Å². The van der Waals surface area contributed by atoms with Crippen LogP contribution in [-0.4, -0.2) is 199 Å². The van der Waals surface area contributed by atoms with Gasteiger partial charge in [-0.1, -0.05) is 41.0 Å². The van der Waals surface area contributed by atoms with Crippen molar-refractivity contribution in [2.24, 2.45) is 44.8 Å². The van der Waals surface area contributed by atoms with Gasteiger partial charge in [0.15, 0.2) is 30.4 Å². The van der Waals surface area contributed by atoms with Gasteiger partial charge < -0.3 is 63.8 Å². The SMILES string of the molecule is CCC(C)(C)C(=O)OC(CC(C)(O)C(F)F)C(F)(F)F.CCC(C)(C)C(=O)OC1CC(C(C)(O)C(F)(F)F)CC(C(O)(C(F)(F)F)C(F)(F)F)C1.CCC(C)(C)C(=O)OC1CC(C)(O)OC(C)(C(F)(F)F)C1(F)F.CCC(C)(C)C(=O)OC1CCCCC1C(C)(C)O.CCC(C)(C)C(=O)OCC1(C)OCOC(F)(F)C1(O)C(F)(F)F. The van der Waals surface area contributed by atoms with Crippen molar-refractivity contribution in [1.82, 2.24) is 0 Å². The first-order chi connectivity index (χ1) is 50.6. The van der Waals surface area contributed by atoms with Crippen molar-refractivity contribution in [2.45, 2.75) is 367 Å². The fraction of sp³-hybridized carbons (Fsp3) is 0.931. The van der Waals surface area contributed by atoms with Crippen molar-refractivity contribution in [3.8, 4) is 0 Å². The number of halogens is 24. The molecule has 0 aromatic heterocycles. The second-order valence-electron chi connectivity index (χ2n) is 34.0. The summed E-state index contributed by atoms with van der Waals surface area (Å²) < 4.78 is 354. The molecule has 4 rings (SSSR count). The summed E-state index contributed by atoms with van der Waals surface area (Å²) in [6.07, 6.45) is -49.9. The van der Waals surface area contributed by atoms with Crippen LogP contribution in [0.5, 0.6) is 0 Å². The Bertz CT molecular complexity index is 3140. The summed E-state index contributed by atoms with van der Waals surface area (Å²) in [5.41, 5.74) is -29.3. The van der Waals surface area contributed by atoms with Crippen LogP contribution in [0.1, 0.15) is 242 Å². The van der Waals surface area contributed by atoms with E-state index in [9.17, 15) is 160 Å². The van der Waals surface area contributed by atoms with Gasteiger partial charge in [-0.25, -0.2) is 8.78 Å². The quantitative estimate of drug-likeness (QED) is 0.0334. The van der Waals surface area contributed by atoms with E-state index in [-0.39, 0.29) is 51.1 Å². The number of alkyl halides is 24. The molecule has 2 saturated carbocycles. The fourth-order valence-electron chi connectivity index (χ4n) is 11.1.